The average Bonchev–Trinajstić information content (AvgIpc) is 2.61. The van der Waals surface area contributed by atoms with Crippen LogP contribution < -0.4 is 16.3 Å². The van der Waals surface area contributed by atoms with E-state index in [4.69, 9.17) is 9.15 Å². The number of benzene rings is 1. The summed E-state index contributed by atoms with van der Waals surface area (Å²) in [6.45, 7) is 14.5. The van der Waals surface area contributed by atoms with Crippen LogP contribution in [0.3, 0.4) is 0 Å². The van der Waals surface area contributed by atoms with Crippen LogP contribution >= 0.6 is 0 Å². The molecule has 0 aliphatic rings. The van der Waals surface area contributed by atoms with E-state index in [9.17, 15) is 4.79 Å². The molecule has 0 saturated carbocycles. The summed E-state index contributed by atoms with van der Waals surface area (Å²) in [6, 6.07) is 8.09. The number of ether oxygens (including phenoxy) is 1. The van der Waals surface area contributed by atoms with Crippen molar-refractivity contribution in [3.63, 3.8) is 0 Å². The van der Waals surface area contributed by atoms with Crippen LogP contribution in [0, 0.1) is 0 Å². The van der Waals surface area contributed by atoms with Gasteiger partial charge in [-0.1, -0.05) is 52.5 Å². The summed E-state index contributed by atoms with van der Waals surface area (Å²) in [5.41, 5.74) is 3.91. The molecular weight excluding hydrogens is 324 g/mol. The molecule has 3 heteroatoms. The lowest BCUT2D eigenvalue weighted by Gasteiger charge is -2.16. The van der Waals surface area contributed by atoms with E-state index in [1.54, 1.807) is 25.3 Å². The fourth-order valence-corrected chi connectivity index (χ4v) is 2.89. The topological polar surface area (TPSA) is 39.4 Å². The van der Waals surface area contributed by atoms with E-state index in [-0.39, 0.29) is 5.63 Å². The van der Waals surface area contributed by atoms with Gasteiger partial charge in [0.2, 0.25) is 0 Å². The Hall–Kier alpha value is -2.55. The highest BCUT2D eigenvalue weighted by atomic mass is 16.5. The fraction of sp³-hybridized carbons (Fsp3) is 0.348. The van der Waals surface area contributed by atoms with Gasteiger partial charge in [0.25, 0.3) is 0 Å². The van der Waals surface area contributed by atoms with Crippen LogP contribution in [-0.2, 0) is 4.74 Å². The van der Waals surface area contributed by atoms with Gasteiger partial charge < -0.3 is 9.15 Å². The molecule has 0 aliphatic heterocycles. The molecule has 0 spiro atoms. The van der Waals surface area contributed by atoms with E-state index < -0.39 is 0 Å². The number of hydrogen-bond acceptors (Lipinski definition) is 3. The van der Waals surface area contributed by atoms with Crippen molar-refractivity contribution in [2.24, 2.45) is 0 Å². The second-order valence-corrected chi connectivity index (χ2v) is 7.03. The maximum atomic E-state index is 12.7. The largest absolute Gasteiger partial charge is 0.497 e. The van der Waals surface area contributed by atoms with E-state index in [2.05, 4.69) is 46.4 Å². The Morgan fingerprint density at radius 1 is 1.12 bits per heavy atom. The zero-order valence-corrected chi connectivity index (χ0v) is 16.6. The van der Waals surface area contributed by atoms with Gasteiger partial charge in [-0.15, -0.1) is 0 Å². The summed E-state index contributed by atoms with van der Waals surface area (Å²) in [6.07, 6.45) is 3.48. The summed E-state index contributed by atoms with van der Waals surface area (Å²) in [4.78, 5) is 12.7. The molecule has 138 valence electrons. The van der Waals surface area contributed by atoms with Gasteiger partial charge in [-0.2, -0.15) is 0 Å². The molecule has 0 amide bonds. The molecule has 3 nitrogen and oxygen atoms in total. The third-order valence-corrected chi connectivity index (χ3v) is 4.51. The minimum Gasteiger partial charge on any atom is -0.497 e. The highest BCUT2D eigenvalue weighted by Gasteiger charge is 2.14. The van der Waals surface area contributed by atoms with Crippen LogP contribution in [0.25, 0.3) is 23.8 Å². The van der Waals surface area contributed by atoms with Gasteiger partial charge in [-0.25, -0.2) is 4.79 Å². The molecule has 2 aromatic rings. The van der Waals surface area contributed by atoms with Gasteiger partial charge in [0.1, 0.15) is 11.2 Å². The molecule has 1 heterocycles. The van der Waals surface area contributed by atoms with Crippen LogP contribution in [0.1, 0.15) is 57.6 Å². The van der Waals surface area contributed by atoms with E-state index in [1.807, 2.05) is 13.0 Å². The Kier molecular flexibility index (Phi) is 6.25. The third-order valence-electron chi connectivity index (χ3n) is 4.51. The molecule has 0 bridgehead atoms. The molecule has 0 N–H and O–H groups in total. The highest BCUT2D eigenvalue weighted by Crippen LogP contribution is 2.30. The van der Waals surface area contributed by atoms with Gasteiger partial charge >= 0.3 is 5.63 Å². The van der Waals surface area contributed by atoms with Gasteiger partial charge in [0.15, 0.2) is 0 Å². The Bertz CT molecular complexity index is 975. The maximum absolute atomic E-state index is 12.7. The predicted octanol–water partition coefficient (Wildman–Crippen LogP) is 4.29. The minimum absolute atomic E-state index is 0.297. The normalized spacial score (nSPS) is 12.9. The molecule has 0 aliphatic carbocycles. The molecule has 0 radical (unpaired) electrons. The van der Waals surface area contributed by atoms with Gasteiger partial charge in [-0.05, 0) is 47.6 Å². The summed E-state index contributed by atoms with van der Waals surface area (Å²) in [5.74, 6) is 1.35. The standard InChI is InChI=1S/C23H28O3/c1-8-18(25-7)13-22-16(6)11-21(23(24)26-22)19-10-9-17(14(2)3)12-20(19)15(4)5/h8-15H,6H2,1-5,7H3/b18-8+,22-13+. The van der Waals surface area contributed by atoms with Crippen molar-refractivity contribution >= 4 is 12.7 Å². The van der Waals surface area contributed by atoms with Crippen molar-refractivity contribution in [1.82, 2.24) is 0 Å². The molecule has 0 fully saturated rings. The van der Waals surface area contributed by atoms with Crippen molar-refractivity contribution in [2.75, 3.05) is 7.11 Å². The van der Waals surface area contributed by atoms with E-state index >= 15 is 0 Å². The summed E-state index contributed by atoms with van der Waals surface area (Å²) in [7, 11) is 1.58. The quantitative estimate of drug-likeness (QED) is 0.754. The maximum Gasteiger partial charge on any atom is 0.344 e. The molecule has 2 rings (SSSR count). The molecular formula is C23H28O3. The zero-order valence-electron chi connectivity index (χ0n) is 16.6. The van der Waals surface area contributed by atoms with E-state index in [0.29, 0.717) is 33.8 Å². The molecule has 26 heavy (non-hydrogen) atoms. The second-order valence-electron chi connectivity index (χ2n) is 7.03. The van der Waals surface area contributed by atoms with Crippen molar-refractivity contribution in [2.45, 2.75) is 46.5 Å². The van der Waals surface area contributed by atoms with Crippen molar-refractivity contribution in [3.05, 3.63) is 68.3 Å². The smallest absolute Gasteiger partial charge is 0.344 e. The SMILES string of the molecule is C=c1cc(-c2ccc(C(C)C)cc2C(C)C)c(=O)o/c1=C/C(=C\C)OC. The number of hydrogen-bond donors (Lipinski definition) is 0. The van der Waals surface area contributed by atoms with Crippen molar-refractivity contribution in [1.29, 1.82) is 0 Å². The summed E-state index contributed by atoms with van der Waals surface area (Å²) >= 11 is 0. The second kappa shape index (κ2) is 8.22. The van der Waals surface area contributed by atoms with E-state index in [0.717, 1.165) is 11.1 Å². The first-order chi connectivity index (χ1) is 12.3. The van der Waals surface area contributed by atoms with Crippen LogP contribution in [0.4, 0.5) is 0 Å². The average molecular weight is 352 g/mol. The van der Waals surface area contributed by atoms with Crippen LogP contribution in [-0.4, -0.2) is 7.11 Å². The molecule has 1 aromatic heterocycles. The first kappa shape index (κ1) is 19.8. The Balaban J connectivity index is 2.70. The number of rotatable bonds is 5. The lowest BCUT2D eigenvalue weighted by Crippen LogP contribution is -2.29. The molecule has 0 saturated heterocycles. The first-order valence-corrected chi connectivity index (χ1v) is 8.97. The molecule has 0 unspecified atom stereocenters. The van der Waals surface area contributed by atoms with Crippen LogP contribution in [0.2, 0.25) is 0 Å². The lowest BCUT2D eigenvalue weighted by atomic mass is 9.89. The fourth-order valence-electron chi connectivity index (χ4n) is 2.89. The Morgan fingerprint density at radius 2 is 1.81 bits per heavy atom. The number of allylic oxidation sites excluding steroid dienone is 2. The highest BCUT2D eigenvalue weighted by molar-refractivity contribution is 5.67. The summed E-state index contributed by atoms with van der Waals surface area (Å²) < 4.78 is 10.8. The van der Waals surface area contributed by atoms with E-state index in [1.165, 1.54) is 5.56 Å². The number of methoxy groups -OCH3 is 1. The van der Waals surface area contributed by atoms with Crippen molar-refractivity contribution in [3.8, 4) is 11.1 Å². The molecule has 0 atom stereocenters. The summed E-state index contributed by atoms with van der Waals surface area (Å²) in [5, 5.41) is 0.652. The van der Waals surface area contributed by atoms with Crippen LogP contribution in [0.5, 0.6) is 0 Å². The van der Waals surface area contributed by atoms with Crippen molar-refractivity contribution < 1.29 is 9.15 Å². The van der Waals surface area contributed by atoms with Gasteiger partial charge in [0, 0.05) is 11.3 Å². The monoisotopic (exact) mass is 352 g/mol. The van der Waals surface area contributed by atoms with Gasteiger partial charge in [-0.3, -0.25) is 0 Å². The third kappa shape index (κ3) is 4.16. The Labute approximate surface area is 155 Å². The zero-order chi connectivity index (χ0) is 19.4. The van der Waals surface area contributed by atoms with Gasteiger partial charge in [0.05, 0.1) is 12.7 Å². The first-order valence-electron chi connectivity index (χ1n) is 8.97. The Morgan fingerprint density at radius 3 is 2.35 bits per heavy atom. The van der Waals surface area contributed by atoms with Crippen LogP contribution in [0.15, 0.2) is 45.3 Å². The lowest BCUT2D eigenvalue weighted by molar-refractivity contribution is 0.311. The predicted molar refractivity (Wildman–Crippen MR) is 109 cm³/mol. The molecule has 1 aromatic carbocycles. The minimum atomic E-state index is -0.366.